The second-order valence-electron chi connectivity index (χ2n) is 4.93. The van der Waals surface area contributed by atoms with Crippen LogP contribution in [0.15, 0.2) is 54.6 Å². The highest BCUT2D eigenvalue weighted by atomic mass is 16.5. The Bertz CT molecular complexity index is 610. The Kier molecular flexibility index (Phi) is 3.88. The van der Waals surface area contributed by atoms with E-state index in [4.69, 9.17) is 9.47 Å². The van der Waals surface area contributed by atoms with E-state index in [2.05, 4.69) is 0 Å². The summed E-state index contributed by atoms with van der Waals surface area (Å²) in [5.74, 6) is 0.791. The number of carbonyl (C=O) groups excluding carboxylic acids is 1. The number of hydrogen-bond donors (Lipinski definition) is 0. The third-order valence-electron chi connectivity index (χ3n) is 3.57. The van der Waals surface area contributed by atoms with Gasteiger partial charge in [-0.2, -0.15) is 0 Å². The molecule has 4 heteroatoms. The number of rotatable bonds is 5. The van der Waals surface area contributed by atoms with Crippen molar-refractivity contribution < 1.29 is 14.3 Å². The summed E-state index contributed by atoms with van der Waals surface area (Å²) in [4.78, 5) is 13.8. The van der Waals surface area contributed by atoms with Crippen molar-refractivity contribution in [2.75, 3.05) is 18.6 Å². The molecule has 0 radical (unpaired) electrons. The van der Waals surface area contributed by atoms with Gasteiger partial charge in [0.25, 0.3) is 5.91 Å². The number of anilines is 1. The zero-order chi connectivity index (χ0) is 14.7. The fourth-order valence-corrected chi connectivity index (χ4v) is 2.29. The fourth-order valence-electron chi connectivity index (χ4n) is 2.29. The monoisotopic (exact) mass is 283 g/mol. The van der Waals surface area contributed by atoms with Crippen LogP contribution in [-0.2, 0) is 16.1 Å². The van der Waals surface area contributed by atoms with Crippen LogP contribution in [0.3, 0.4) is 0 Å². The Morgan fingerprint density at radius 1 is 1.10 bits per heavy atom. The first-order valence-electron chi connectivity index (χ1n) is 6.89. The summed E-state index contributed by atoms with van der Waals surface area (Å²) in [6, 6.07) is 17.3. The zero-order valence-electron chi connectivity index (χ0n) is 11.9. The summed E-state index contributed by atoms with van der Waals surface area (Å²) in [5, 5.41) is 0. The minimum atomic E-state index is -0.340. The number of hydrogen-bond acceptors (Lipinski definition) is 3. The van der Waals surface area contributed by atoms with Crippen molar-refractivity contribution in [2.45, 2.75) is 12.7 Å². The maximum absolute atomic E-state index is 12.1. The molecule has 1 atom stereocenters. The van der Waals surface area contributed by atoms with Crippen molar-refractivity contribution in [3.63, 3.8) is 0 Å². The lowest BCUT2D eigenvalue weighted by Crippen LogP contribution is -2.57. The fraction of sp³-hybridized carbons (Fsp3) is 0.235. The first-order chi connectivity index (χ1) is 10.3. The highest BCUT2D eigenvalue weighted by molar-refractivity contribution is 6.03. The molecule has 2 aromatic rings. The summed E-state index contributed by atoms with van der Waals surface area (Å²) in [6.07, 6.45) is -0.340. The summed E-state index contributed by atoms with van der Waals surface area (Å²) in [6.45, 7) is 1.06. The minimum absolute atomic E-state index is 0.0103. The van der Waals surface area contributed by atoms with Gasteiger partial charge in [0.15, 0.2) is 6.10 Å². The second kappa shape index (κ2) is 5.97. The highest BCUT2D eigenvalue weighted by Gasteiger charge is 2.38. The normalized spacial score (nSPS) is 17.5. The molecule has 21 heavy (non-hydrogen) atoms. The average Bonchev–Trinajstić information content (AvgIpc) is 2.55. The number of ether oxygens (including phenoxy) is 2. The molecule has 4 nitrogen and oxygen atoms in total. The highest BCUT2D eigenvalue weighted by Crippen LogP contribution is 2.26. The smallest absolute Gasteiger partial charge is 0.258 e. The Labute approximate surface area is 123 Å². The molecule has 108 valence electrons. The van der Waals surface area contributed by atoms with Gasteiger partial charge >= 0.3 is 0 Å². The van der Waals surface area contributed by atoms with E-state index in [1.54, 1.807) is 12.0 Å². The van der Waals surface area contributed by atoms with E-state index in [9.17, 15) is 4.79 Å². The zero-order valence-corrected chi connectivity index (χ0v) is 11.9. The predicted molar refractivity (Wildman–Crippen MR) is 80.4 cm³/mol. The number of benzene rings is 2. The van der Waals surface area contributed by atoms with E-state index in [0.717, 1.165) is 17.0 Å². The largest absolute Gasteiger partial charge is 0.497 e. The Morgan fingerprint density at radius 2 is 1.81 bits per heavy atom. The number of nitrogens with zero attached hydrogens (tertiary/aromatic N) is 1. The first-order valence-corrected chi connectivity index (χ1v) is 6.89. The van der Waals surface area contributed by atoms with Crippen molar-refractivity contribution >= 4 is 11.6 Å². The molecule has 1 fully saturated rings. The topological polar surface area (TPSA) is 38.8 Å². The summed E-state index contributed by atoms with van der Waals surface area (Å²) in [7, 11) is 1.62. The maximum Gasteiger partial charge on any atom is 0.258 e. The molecule has 1 heterocycles. The average molecular weight is 283 g/mol. The molecular weight excluding hydrogens is 266 g/mol. The van der Waals surface area contributed by atoms with Gasteiger partial charge in [0.1, 0.15) is 5.75 Å². The minimum Gasteiger partial charge on any atom is -0.497 e. The number of β-lactam (4-membered cyclic amide) rings is 1. The molecular formula is C17H17NO3. The standard InChI is InChI=1S/C17H17NO3/c1-20-15-9-7-14(8-10-15)18-11-16(17(18)19)21-12-13-5-3-2-4-6-13/h2-10,16H,11-12H2,1H3/t16-/m0/s1. The summed E-state index contributed by atoms with van der Waals surface area (Å²) < 4.78 is 10.8. The third-order valence-corrected chi connectivity index (χ3v) is 3.57. The lowest BCUT2D eigenvalue weighted by atomic mass is 10.1. The van der Waals surface area contributed by atoms with Crippen LogP contribution in [0, 0.1) is 0 Å². The Morgan fingerprint density at radius 3 is 2.43 bits per heavy atom. The van der Waals surface area contributed by atoms with Crippen molar-refractivity contribution in [3.8, 4) is 5.75 Å². The van der Waals surface area contributed by atoms with E-state index >= 15 is 0 Å². The van der Waals surface area contributed by atoms with Crippen molar-refractivity contribution in [1.82, 2.24) is 0 Å². The van der Waals surface area contributed by atoms with E-state index in [1.165, 1.54) is 0 Å². The van der Waals surface area contributed by atoms with Gasteiger partial charge in [-0.3, -0.25) is 4.79 Å². The molecule has 1 saturated heterocycles. The van der Waals surface area contributed by atoms with Crippen molar-refractivity contribution in [3.05, 3.63) is 60.2 Å². The quantitative estimate of drug-likeness (QED) is 0.792. The van der Waals surface area contributed by atoms with Crippen LogP contribution >= 0.6 is 0 Å². The van der Waals surface area contributed by atoms with Crippen LogP contribution in [0.5, 0.6) is 5.75 Å². The van der Waals surface area contributed by atoms with Gasteiger partial charge in [0.05, 0.1) is 20.3 Å². The third kappa shape index (κ3) is 2.90. The summed E-state index contributed by atoms with van der Waals surface area (Å²) >= 11 is 0. The number of methoxy groups -OCH3 is 1. The van der Waals surface area contributed by atoms with Gasteiger partial charge in [-0.1, -0.05) is 30.3 Å². The van der Waals surface area contributed by atoms with Crippen molar-refractivity contribution in [2.24, 2.45) is 0 Å². The predicted octanol–water partition coefficient (Wildman–Crippen LogP) is 2.63. The van der Waals surface area contributed by atoms with E-state index < -0.39 is 0 Å². The molecule has 0 bridgehead atoms. The van der Waals surface area contributed by atoms with E-state index in [0.29, 0.717) is 13.2 Å². The molecule has 3 rings (SSSR count). The van der Waals surface area contributed by atoms with Crippen molar-refractivity contribution in [1.29, 1.82) is 0 Å². The molecule has 2 aromatic carbocycles. The first kappa shape index (κ1) is 13.6. The van der Waals surface area contributed by atoms with Gasteiger partial charge in [-0.25, -0.2) is 0 Å². The lowest BCUT2D eigenvalue weighted by molar-refractivity contribution is -0.138. The van der Waals surface area contributed by atoms with Gasteiger partial charge < -0.3 is 14.4 Å². The Hall–Kier alpha value is -2.33. The van der Waals surface area contributed by atoms with E-state index in [1.807, 2.05) is 54.6 Å². The molecule has 0 spiro atoms. The second-order valence-corrected chi connectivity index (χ2v) is 4.93. The van der Waals surface area contributed by atoms with E-state index in [-0.39, 0.29) is 12.0 Å². The Balaban J connectivity index is 1.55. The SMILES string of the molecule is COc1ccc(N2C[C@H](OCc3ccccc3)C2=O)cc1. The van der Waals surface area contributed by atoms with Crippen LogP contribution < -0.4 is 9.64 Å². The molecule has 0 unspecified atom stereocenters. The van der Waals surface area contributed by atoms with Gasteiger partial charge in [-0.05, 0) is 29.8 Å². The molecule has 0 N–H and O–H groups in total. The van der Waals surface area contributed by atoms with Gasteiger partial charge in [0.2, 0.25) is 0 Å². The van der Waals surface area contributed by atoms with Gasteiger partial charge in [0, 0.05) is 5.69 Å². The van der Waals surface area contributed by atoms with Crippen LogP contribution in [-0.4, -0.2) is 25.7 Å². The van der Waals surface area contributed by atoms with Gasteiger partial charge in [-0.15, -0.1) is 0 Å². The van der Waals surface area contributed by atoms with Crippen LogP contribution in [0.4, 0.5) is 5.69 Å². The molecule has 1 aliphatic rings. The lowest BCUT2D eigenvalue weighted by Gasteiger charge is -2.38. The molecule has 1 aliphatic heterocycles. The van der Waals surface area contributed by atoms with Crippen LogP contribution in [0.1, 0.15) is 5.56 Å². The molecule has 1 amide bonds. The van der Waals surface area contributed by atoms with Crippen LogP contribution in [0.2, 0.25) is 0 Å². The molecule has 0 aliphatic carbocycles. The van der Waals surface area contributed by atoms with Crippen LogP contribution in [0.25, 0.3) is 0 Å². The molecule has 0 aromatic heterocycles. The maximum atomic E-state index is 12.1. The number of amides is 1. The summed E-state index contributed by atoms with van der Waals surface area (Å²) in [5.41, 5.74) is 1.95. The molecule has 0 saturated carbocycles. The number of carbonyl (C=O) groups is 1.